The average molecular weight is 647 g/mol. The molecule has 1 aliphatic carbocycles. The molecule has 252 valence electrons. The largest absolute Gasteiger partial charge is 0.491 e. The van der Waals surface area contributed by atoms with E-state index in [9.17, 15) is 9.59 Å². The number of hydrogen-bond acceptors (Lipinski definition) is 7. The maximum atomic E-state index is 16.3. The molecule has 2 unspecified atom stereocenters. The molecule has 5 rings (SSSR count). The lowest BCUT2D eigenvalue weighted by Gasteiger charge is -2.30. The summed E-state index contributed by atoms with van der Waals surface area (Å²) in [6.45, 7) is 13.8. The normalized spacial score (nSPS) is 16.7. The van der Waals surface area contributed by atoms with Crippen LogP contribution in [0.25, 0.3) is 11.1 Å². The number of benzene rings is 3. The number of hydrogen-bond donors (Lipinski definition) is 2. The number of nitrogens with one attached hydrogen (secondary N) is 2. The van der Waals surface area contributed by atoms with E-state index in [1.165, 1.54) is 12.8 Å². The van der Waals surface area contributed by atoms with E-state index in [1.807, 2.05) is 57.2 Å². The van der Waals surface area contributed by atoms with Crippen LogP contribution < -0.4 is 20.1 Å². The number of rotatable bonds is 10. The van der Waals surface area contributed by atoms with Crippen LogP contribution in [0.15, 0.2) is 54.6 Å². The molecule has 2 N–H and O–H groups in total. The molecule has 1 amide bonds. The Kier molecular flexibility index (Phi) is 10.0. The predicted octanol–water partition coefficient (Wildman–Crippen LogP) is 8.69. The highest BCUT2D eigenvalue weighted by Gasteiger charge is 2.30. The van der Waals surface area contributed by atoms with Gasteiger partial charge in [-0.25, -0.2) is 9.18 Å². The Balaban J connectivity index is 1.48. The summed E-state index contributed by atoms with van der Waals surface area (Å²) in [7, 11) is 0. The number of carbonyl (C=O) groups is 2. The van der Waals surface area contributed by atoms with E-state index < -0.39 is 35.3 Å². The van der Waals surface area contributed by atoms with Crippen molar-refractivity contribution in [1.29, 1.82) is 0 Å². The molecule has 9 heteroatoms. The van der Waals surface area contributed by atoms with Crippen LogP contribution in [-0.2, 0) is 20.7 Å². The molecule has 2 atom stereocenters. The first-order valence-corrected chi connectivity index (χ1v) is 16.5. The summed E-state index contributed by atoms with van der Waals surface area (Å²) in [6.07, 6.45) is 1.98. The summed E-state index contributed by atoms with van der Waals surface area (Å²) in [5, 5.41) is 6.31. The first-order chi connectivity index (χ1) is 22.2. The molecule has 3 aromatic rings. The number of anilines is 1. The quantitative estimate of drug-likeness (QED) is 0.213. The molecule has 8 nitrogen and oxygen atoms in total. The van der Waals surface area contributed by atoms with Gasteiger partial charge in [0, 0.05) is 35.2 Å². The van der Waals surface area contributed by atoms with Gasteiger partial charge in [0.25, 0.3) is 0 Å². The van der Waals surface area contributed by atoms with Gasteiger partial charge in [-0.15, -0.1) is 0 Å². The zero-order chi connectivity index (χ0) is 33.9. The Morgan fingerprint density at radius 1 is 0.957 bits per heavy atom. The molecule has 0 radical (unpaired) electrons. The number of para-hydroxylation sites is 1. The van der Waals surface area contributed by atoms with Gasteiger partial charge in [-0.2, -0.15) is 0 Å². The number of fused-ring (bicyclic) bond motifs is 1. The van der Waals surface area contributed by atoms with E-state index in [1.54, 1.807) is 45.9 Å². The second kappa shape index (κ2) is 13.8. The number of amides is 1. The fourth-order valence-corrected chi connectivity index (χ4v) is 5.58. The highest BCUT2D eigenvalue weighted by atomic mass is 19.1. The minimum Gasteiger partial charge on any atom is -0.491 e. The number of esters is 1. The average Bonchev–Trinajstić information content (AvgIpc) is 3.80. The summed E-state index contributed by atoms with van der Waals surface area (Å²) in [4.78, 5) is 25.2. The van der Waals surface area contributed by atoms with E-state index in [2.05, 4.69) is 10.6 Å². The second-order valence-electron chi connectivity index (χ2n) is 14.5. The van der Waals surface area contributed by atoms with Crippen LogP contribution in [0.2, 0.25) is 0 Å². The van der Waals surface area contributed by atoms with E-state index >= 15 is 4.39 Å². The topological polar surface area (TPSA) is 95.1 Å². The van der Waals surface area contributed by atoms with Crippen LogP contribution in [0.5, 0.6) is 11.5 Å². The Labute approximate surface area is 277 Å². The molecule has 2 aliphatic rings. The lowest BCUT2D eigenvalue weighted by atomic mass is 9.93. The van der Waals surface area contributed by atoms with Gasteiger partial charge >= 0.3 is 12.1 Å². The highest BCUT2D eigenvalue weighted by Crippen LogP contribution is 2.45. The zero-order valence-corrected chi connectivity index (χ0v) is 28.5. The lowest BCUT2D eigenvalue weighted by molar-refractivity contribution is -0.153. The molecular weight excluding hydrogens is 599 g/mol. The molecule has 0 aromatic heterocycles. The van der Waals surface area contributed by atoms with Crippen LogP contribution in [0.4, 0.5) is 14.9 Å². The van der Waals surface area contributed by atoms with Gasteiger partial charge in [0.1, 0.15) is 34.6 Å². The maximum Gasteiger partial charge on any atom is 0.408 e. The summed E-state index contributed by atoms with van der Waals surface area (Å²) in [5.41, 5.74) is 2.44. The van der Waals surface area contributed by atoms with Crippen molar-refractivity contribution in [2.75, 3.05) is 18.5 Å². The molecule has 3 aromatic carbocycles. The first kappa shape index (κ1) is 34.1. The fraction of sp³-hybridized carbons (Fsp3) is 0.474. The van der Waals surface area contributed by atoms with E-state index in [0.717, 1.165) is 23.4 Å². The molecule has 0 spiro atoms. The van der Waals surface area contributed by atoms with Crippen molar-refractivity contribution >= 4 is 17.7 Å². The molecule has 1 saturated carbocycles. The van der Waals surface area contributed by atoms with Crippen LogP contribution in [0, 0.1) is 11.7 Å². The number of ether oxygens (including phenoxy) is 4. The first-order valence-electron chi connectivity index (χ1n) is 16.5. The van der Waals surface area contributed by atoms with Crippen molar-refractivity contribution in [1.82, 2.24) is 5.32 Å². The van der Waals surface area contributed by atoms with E-state index in [-0.39, 0.29) is 12.4 Å². The Morgan fingerprint density at radius 2 is 1.68 bits per heavy atom. The minimum absolute atomic E-state index is 0.0747. The summed E-state index contributed by atoms with van der Waals surface area (Å²) < 4.78 is 40.1. The predicted molar refractivity (Wildman–Crippen MR) is 180 cm³/mol. The number of carbonyl (C=O) groups excluding carboxylic acids is 2. The maximum absolute atomic E-state index is 16.3. The fourth-order valence-electron chi connectivity index (χ4n) is 5.58. The SMILES string of the molecule is CC(NC(=O)OC(C)(C)C)c1cccc(-c2cc(NCC3CC3)c3c(c2)C(Oc2ccccc2CC(=O)OC(C)(C)C)CCO3)c1F. The van der Waals surface area contributed by atoms with Crippen molar-refractivity contribution in [3.63, 3.8) is 0 Å². The van der Waals surface area contributed by atoms with Crippen LogP contribution >= 0.6 is 0 Å². The van der Waals surface area contributed by atoms with Crippen LogP contribution in [0.3, 0.4) is 0 Å². The highest BCUT2D eigenvalue weighted by molar-refractivity contribution is 5.76. The minimum atomic E-state index is -0.672. The lowest BCUT2D eigenvalue weighted by Crippen LogP contribution is -2.34. The Morgan fingerprint density at radius 3 is 2.38 bits per heavy atom. The third kappa shape index (κ3) is 9.18. The molecular formula is C38H47FN2O6. The second-order valence-corrected chi connectivity index (χ2v) is 14.5. The van der Waals surface area contributed by atoms with Gasteiger partial charge in [0.2, 0.25) is 0 Å². The molecule has 1 fully saturated rings. The van der Waals surface area contributed by atoms with Crippen molar-refractivity contribution in [3.8, 4) is 22.6 Å². The van der Waals surface area contributed by atoms with Crippen molar-refractivity contribution in [3.05, 3.63) is 77.1 Å². The monoisotopic (exact) mass is 646 g/mol. The third-order valence-corrected chi connectivity index (χ3v) is 7.91. The molecule has 47 heavy (non-hydrogen) atoms. The summed E-state index contributed by atoms with van der Waals surface area (Å²) >= 11 is 0. The third-order valence-electron chi connectivity index (χ3n) is 7.91. The van der Waals surface area contributed by atoms with Crippen LogP contribution in [-0.4, -0.2) is 36.4 Å². The molecule has 1 heterocycles. The Bertz CT molecular complexity index is 1600. The summed E-state index contributed by atoms with van der Waals surface area (Å²) in [5.74, 6) is 1.11. The smallest absolute Gasteiger partial charge is 0.408 e. The van der Waals surface area contributed by atoms with E-state index in [0.29, 0.717) is 47.1 Å². The van der Waals surface area contributed by atoms with Gasteiger partial charge in [-0.1, -0.05) is 36.4 Å². The Hall–Kier alpha value is -4.27. The van der Waals surface area contributed by atoms with Gasteiger partial charge < -0.3 is 29.6 Å². The van der Waals surface area contributed by atoms with Crippen molar-refractivity contribution in [2.24, 2.45) is 5.92 Å². The van der Waals surface area contributed by atoms with Gasteiger partial charge in [-0.05, 0) is 91.0 Å². The van der Waals surface area contributed by atoms with Gasteiger partial charge in [-0.3, -0.25) is 4.79 Å². The summed E-state index contributed by atoms with van der Waals surface area (Å²) in [6, 6.07) is 15.9. The molecule has 0 bridgehead atoms. The number of alkyl carbamates (subject to hydrolysis) is 1. The molecule has 1 aliphatic heterocycles. The zero-order valence-electron chi connectivity index (χ0n) is 28.5. The van der Waals surface area contributed by atoms with E-state index in [4.69, 9.17) is 18.9 Å². The standard InChI is InChI=1S/C38H47FN2O6/c1-23(41-36(43)47-38(5,6)7)27-12-10-13-28(34(27)39)26-19-29-32(17-18-44-35(29)30(20-26)40-22-24-15-16-24)45-31-14-9-8-11-25(31)21-33(42)46-37(2,3)4/h8-14,19-20,23-24,32,40H,15-18,21-22H2,1-7H3,(H,41,43). The van der Waals surface area contributed by atoms with Crippen LogP contribution in [0.1, 0.15) is 96.6 Å². The van der Waals surface area contributed by atoms with Crippen molar-refractivity contribution in [2.45, 2.75) is 97.5 Å². The van der Waals surface area contributed by atoms with Gasteiger partial charge in [0.05, 0.1) is 24.8 Å². The molecule has 0 saturated heterocycles. The van der Waals surface area contributed by atoms with Crippen molar-refractivity contribution < 1.29 is 32.9 Å². The van der Waals surface area contributed by atoms with Gasteiger partial charge in [0.15, 0.2) is 0 Å². The number of halogens is 1.